The highest BCUT2D eigenvalue weighted by atomic mass is 32.2. The smallest absolute Gasteiger partial charge is 0.353 e. The fourth-order valence-electron chi connectivity index (χ4n) is 3.19. The third-order valence-electron chi connectivity index (χ3n) is 4.50. The summed E-state index contributed by atoms with van der Waals surface area (Å²) in [6, 6.07) is 16.0. The van der Waals surface area contributed by atoms with Crippen molar-refractivity contribution in [1.29, 1.82) is 0 Å². The number of H-pyrrole nitrogens is 1. The van der Waals surface area contributed by atoms with Crippen molar-refractivity contribution in [3.63, 3.8) is 0 Å². The number of carboxylic acids is 1. The summed E-state index contributed by atoms with van der Waals surface area (Å²) in [4.78, 5) is 18.9. The van der Waals surface area contributed by atoms with Crippen molar-refractivity contribution in [2.75, 3.05) is 26.3 Å². The lowest BCUT2D eigenvalue weighted by Gasteiger charge is -2.26. The Morgan fingerprint density at radius 2 is 1.92 bits per heavy atom. The van der Waals surface area contributed by atoms with Crippen LogP contribution in [-0.4, -0.2) is 47.3 Å². The van der Waals surface area contributed by atoms with Gasteiger partial charge in [-0.05, 0) is 29.8 Å². The maximum Gasteiger partial charge on any atom is 0.353 e. The van der Waals surface area contributed by atoms with Crippen molar-refractivity contribution < 1.29 is 14.6 Å². The Balaban J connectivity index is 1.70. The van der Waals surface area contributed by atoms with E-state index >= 15 is 0 Å². The van der Waals surface area contributed by atoms with Crippen molar-refractivity contribution in [1.82, 2.24) is 9.88 Å². The predicted octanol–water partition coefficient (Wildman–Crippen LogP) is 3.85. The van der Waals surface area contributed by atoms with Gasteiger partial charge in [0.15, 0.2) is 0 Å². The number of hydrogen-bond acceptors (Lipinski definition) is 4. The Bertz CT molecular complexity index is 917. The van der Waals surface area contributed by atoms with E-state index in [1.165, 1.54) is 17.3 Å². The molecule has 0 unspecified atom stereocenters. The lowest BCUT2D eigenvalue weighted by atomic mass is 10.1. The lowest BCUT2D eigenvalue weighted by Crippen LogP contribution is -2.35. The van der Waals surface area contributed by atoms with Gasteiger partial charge in [0.1, 0.15) is 5.69 Å². The molecule has 134 valence electrons. The van der Waals surface area contributed by atoms with Gasteiger partial charge >= 0.3 is 5.97 Å². The summed E-state index contributed by atoms with van der Waals surface area (Å²) in [5.41, 5.74) is 2.29. The fraction of sp³-hybridized carbons (Fsp3) is 0.250. The molecule has 0 bridgehead atoms. The summed E-state index contributed by atoms with van der Waals surface area (Å²) in [7, 11) is 0. The van der Waals surface area contributed by atoms with Gasteiger partial charge in [0, 0.05) is 35.4 Å². The number of morpholine rings is 1. The lowest BCUT2D eigenvalue weighted by molar-refractivity contribution is 0.0342. The molecule has 0 aliphatic carbocycles. The van der Waals surface area contributed by atoms with Crippen LogP contribution in [0.4, 0.5) is 0 Å². The zero-order valence-electron chi connectivity index (χ0n) is 14.3. The Kier molecular flexibility index (Phi) is 4.97. The van der Waals surface area contributed by atoms with E-state index in [1.54, 1.807) is 0 Å². The molecule has 2 aromatic carbocycles. The summed E-state index contributed by atoms with van der Waals surface area (Å²) in [5, 5.41) is 10.6. The van der Waals surface area contributed by atoms with Gasteiger partial charge in [0.05, 0.1) is 18.1 Å². The van der Waals surface area contributed by atoms with Gasteiger partial charge in [0.2, 0.25) is 0 Å². The maximum absolute atomic E-state index is 11.7. The van der Waals surface area contributed by atoms with E-state index in [1.807, 2.05) is 36.4 Å². The number of ether oxygens (including phenoxy) is 1. The van der Waals surface area contributed by atoms with Gasteiger partial charge in [-0.1, -0.05) is 36.0 Å². The molecule has 0 amide bonds. The topological polar surface area (TPSA) is 65.6 Å². The van der Waals surface area contributed by atoms with Gasteiger partial charge in [-0.25, -0.2) is 4.79 Å². The normalized spacial score (nSPS) is 15.4. The van der Waals surface area contributed by atoms with Crippen LogP contribution in [0.1, 0.15) is 16.1 Å². The molecule has 5 nitrogen and oxygen atoms in total. The summed E-state index contributed by atoms with van der Waals surface area (Å²) in [6.45, 7) is 4.24. The van der Waals surface area contributed by atoms with E-state index in [0.717, 1.165) is 53.5 Å². The van der Waals surface area contributed by atoms with Crippen molar-refractivity contribution in [2.24, 2.45) is 0 Å². The summed E-state index contributed by atoms with van der Waals surface area (Å²) in [5.74, 6) is -0.936. The van der Waals surface area contributed by atoms with E-state index in [2.05, 4.69) is 22.0 Å². The molecule has 1 aromatic heterocycles. The summed E-state index contributed by atoms with van der Waals surface area (Å²) >= 11 is 1.49. The first-order valence-corrected chi connectivity index (χ1v) is 9.43. The molecule has 6 heteroatoms. The van der Waals surface area contributed by atoms with Gasteiger partial charge in [-0.2, -0.15) is 0 Å². The first-order chi connectivity index (χ1) is 12.7. The standard InChI is InChI=1S/C20H20N2O3S/c23-20(24)18-19(26-15-4-2-1-3-5-15)16-12-14(6-7-17(16)21-18)13-22-8-10-25-11-9-22/h1-7,12,21H,8-11,13H2,(H,23,24). The minimum Gasteiger partial charge on any atom is -0.477 e. The average molecular weight is 368 g/mol. The Hall–Kier alpha value is -2.28. The van der Waals surface area contributed by atoms with Crippen molar-refractivity contribution in [3.05, 3.63) is 59.8 Å². The number of fused-ring (bicyclic) bond motifs is 1. The van der Waals surface area contributed by atoms with Crippen LogP contribution < -0.4 is 0 Å². The number of carboxylic acid groups (broad SMARTS) is 1. The van der Waals surface area contributed by atoms with E-state index < -0.39 is 5.97 Å². The highest BCUT2D eigenvalue weighted by molar-refractivity contribution is 7.99. The van der Waals surface area contributed by atoms with Crippen LogP contribution in [0.25, 0.3) is 10.9 Å². The van der Waals surface area contributed by atoms with Crippen molar-refractivity contribution in [3.8, 4) is 0 Å². The molecule has 0 atom stereocenters. The first-order valence-electron chi connectivity index (χ1n) is 8.61. The number of rotatable bonds is 5. The molecule has 3 aromatic rings. The number of aromatic amines is 1. The largest absolute Gasteiger partial charge is 0.477 e. The predicted molar refractivity (Wildman–Crippen MR) is 102 cm³/mol. The molecule has 0 radical (unpaired) electrons. The van der Waals surface area contributed by atoms with Crippen molar-refractivity contribution in [2.45, 2.75) is 16.3 Å². The summed E-state index contributed by atoms with van der Waals surface area (Å²) < 4.78 is 5.41. The molecular weight excluding hydrogens is 348 g/mol. The maximum atomic E-state index is 11.7. The fourth-order valence-corrected chi connectivity index (χ4v) is 4.24. The molecule has 2 heterocycles. The number of benzene rings is 2. The Labute approximate surface area is 156 Å². The van der Waals surface area contributed by atoms with Gasteiger partial charge in [-0.15, -0.1) is 0 Å². The molecule has 0 spiro atoms. The third kappa shape index (κ3) is 3.62. The molecule has 1 fully saturated rings. The van der Waals surface area contributed by atoms with Crippen LogP contribution in [0.2, 0.25) is 0 Å². The van der Waals surface area contributed by atoms with Gasteiger partial charge < -0.3 is 14.8 Å². The number of nitrogens with zero attached hydrogens (tertiary/aromatic N) is 1. The molecule has 4 rings (SSSR count). The van der Waals surface area contributed by atoms with E-state index in [0.29, 0.717) is 0 Å². The molecule has 1 aliphatic rings. The van der Waals surface area contributed by atoms with Crippen LogP contribution in [0, 0.1) is 0 Å². The van der Waals surface area contributed by atoms with Crippen LogP contribution in [0.5, 0.6) is 0 Å². The molecule has 1 saturated heterocycles. The SMILES string of the molecule is O=C(O)c1[nH]c2ccc(CN3CCOCC3)cc2c1Sc1ccccc1. The van der Waals surface area contributed by atoms with E-state index in [-0.39, 0.29) is 5.69 Å². The quantitative estimate of drug-likeness (QED) is 0.716. The minimum atomic E-state index is -0.936. The zero-order valence-corrected chi connectivity index (χ0v) is 15.1. The number of carbonyl (C=O) groups is 1. The number of aromatic carboxylic acids is 1. The molecule has 2 N–H and O–H groups in total. The Morgan fingerprint density at radius 1 is 1.15 bits per heavy atom. The monoisotopic (exact) mass is 368 g/mol. The second-order valence-corrected chi connectivity index (χ2v) is 7.40. The van der Waals surface area contributed by atoms with Gasteiger partial charge in [-0.3, -0.25) is 4.90 Å². The van der Waals surface area contributed by atoms with Crippen LogP contribution in [-0.2, 0) is 11.3 Å². The van der Waals surface area contributed by atoms with Crippen LogP contribution >= 0.6 is 11.8 Å². The molecule has 26 heavy (non-hydrogen) atoms. The highest BCUT2D eigenvalue weighted by Crippen LogP contribution is 2.37. The minimum absolute atomic E-state index is 0.248. The number of nitrogens with one attached hydrogen (secondary N) is 1. The molecule has 1 aliphatic heterocycles. The van der Waals surface area contributed by atoms with E-state index in [4.69, 9.17) is 4.74 Å². The number of hydrogen-bond donors (Lipinski definition) is 2. The second-order valence-electron chi connectivity index (χ2n) is 6.32. The summed E-state index contributed by atoms with van der Waals surface area (Å²) in [6.07, 6.45) is 0. The second kappa shape index (κ2) is 7.53. The highest BCUT2D eigenvalue weighted by Gasteiger charge is 2.19. The van der Waals surface area contributed by atoms with Crippen LogP contribution in [0.15, 0.2) is 58.3 Å². The Morgan fingerprint density at radius 3 is 2.65 bits per heavy atom. The zero-order chi connectivity index (χ0) is 17.9. The van der Waals surface area contributed by atoms with Crippen molar-refractivity contribution >= 4 is 28.6 Å². The van der Waals surface area contributed by atoms with E-state index in [9.17, 15) is 9.90 Å². The third-order valence-corrected chi connectivity index (χ3v) is 5.64. The van der Waals surface area contributed by atoms with Crippen LogP contribution in [0.3, 0.4) is 0 Å². The molecule has 0 saturated carbocycles. The van der Waals surface area contributed by atoms with Gasteiger partial charge in [0.25, 0.3) is 0 Å². The molecular formula is C20H20N2O3S. The first kappa shape index (κ1) is 17.1. The number of aromatic nitrogens is 1. The average Bonchev–Trinajstić information content (AvgIpc) is 3.02.